The Labute approximate surface area is 125 Å². The number of aliphatic hydroxyl groups excluding tert-OH is 2. The van der Waals surface area contributed by atoms with Crippen LogP contribution in [0.1, 0.15) is 43.0 Å². The number of hydrogen-bond donors (Lipinski definition) is 2. The highest BCUT2D eigenvalue weighted by Gasteiger charge is 2.09. The monoisotopic (exact) mass is 289 g/mol. The van der Waals surface area contributed by atoms with Gasteiger partial charge < -0.3 is 10.2 Å². The van der Waals surface area contributed by atoms with E-state index in [9.17, 15) is 5.11 Å². The Balaban J connectivity index is 1.77. The van der Waals surface area contributed by atoms with Crippen LogP contribution in [0.2, 0.25) is 0 Å². The van der Waals surface area contributed by atoms with E-state index >= 15 is 0 Å². The molecule has 0 saturated heterocycles. The fourth-order valence-electron chi connectivity index (χ4n) is 2.27. The Morgan fingerprint density at radius 1 is 1.05 bits per heavy atom. The van der Waals surface area contributed by atoms with Crippen molar-refractivity contribution in [2.75, 3.05) is 6.61 Å². The van der Waals surface area contributed by atoms with Crippen LogP contribution in [0, 0.1) is 0 Å². The minimum absolute atomic E-state index is 0.271. The fraction of sp³-hybridized carbons (Fsp3) is 0.500. The summed E-state index contributed by atoms with van der Waals surface area (Å²) in [5.41, 5.74) is 1.85. The number of aryl methyl sites for hydroxylation is 1. The topological polar surface area (TPSA) is 71.2 Å². The van der Waals surface area contributed by atoms with Gasteiger partial charge in [-0.2, -0.15) is 0 Å². The number of aromatic nitrogens is 3. The summed E-state index contributed by atoms with van der Waals surface area (Å²) in [7, 11) is 0. The second-order valence-corrected chi connectivity index (χ2v) is 5.25. The number of rotatable bonds is 9. The van der Waals surface area contributed by atoms with Gasteiger partial charge in [0.25, 0.3) is 0 Å². The zero-order valence-corrected chi connectivity index (χ0v) is 12.2. The quantitative estimate of drug-likeness (QED) is 0.694. The number of hydrogen-bond acceptors (Lipinski definition) is 4. The van der Waals surface area contributed by atoms with Crippen molar-refractivity contribution in [3.63, 3.8) is 0 Å². The number of unbranched alkanes of at least 4 members (excludes halogenated alkanes) is 3. The second-order valence-electron chi connectivity index (χ2n) is 5.25. The van der Waals surface area contributed by atoms with E-state index in [4.69, 9.17) is 5.11 Å². The van der Waals surface area contributed by atoms with E-state index in [-0.39, 0.29) is 6.61 Å². The van der Waals surface area contributed by atoms with Gasteiger partial charge in [0.05, 0.1) is 18.3 Å². The smallest absolute Gasteiger partial charge is 0.0986 e. The zero-order valence-electron chi connectivity index (χ0n) is 12.2. The molecule has 1 heterocycles. The minimum atomic E-state index is -0.565. The molecule has 0 spiro atoms. The number of benzene rings is 1. The lowest BCUT2D eigenvalue weighted by Gasteiger charge is -2.09. The molecule has 0 aliphatic carbocycles. The normalized spacial score (nSPS) is 12.5. The van der Waals surface area contributed by atoms with Crippen LogP contribution >= 0.6 is 0 Å². The van der Waals surface area contributed by atoms with Crippen molar-refractivity contribution in [3.8, 4) is 0 Å². The standard InChI is InChI=1S/C16H23N3O2/c20-11-7-2-1-6-10-15-12-19(18-17-15)13-16(21)14-8-4-3-5-9-14/h3-5,8-9,12,16,20-21H,1-2,6-7,10-11,13H2. The first kappa shape index (κ1) is 15.7. The van der Waals surface area contributed by atoms with Gasteiger partial charge in [-0.3, -0.25) is 0 Å². The van der Waals surface area contributed by atoms with Crippen LogP contribution in [0.5, 0.6) is 0 Å². The molecule has 0 aliphatic rings. The maximum absolute atomic E-state index is 10.1. The molecule has 1 aromatic heterocycles. The maximum Gasteiger partial charge on any atom is 0.0986 e. The van der Waals surface area contributed by atoms with Crippen molar-refractivity contribution in [2.45, 2.75) is 44.8 Å². The first-order chi connectivity index (χ1) is 10.3. The van der Waals surface area contributed by atoms with Crippen LogP contribution in [-0.2, 0) is 13.0 Å². The molecule has 5 heteroatoms. The summed E-state index contributed by atoms with van der Waals surface area (Å²) in [6, 6.07) is 9.57. The van der Waals surface area contributed by atoms with Gasteiger partial charge in [0.1, 0.15) is 0 Å². The zero-order chi connectivity index (χ0) is 14.9. The molecule has 5 nitrogen and oxygen atoms in total. The summed E-state index contributed by atoms with van der Waals surface area (Å²) in [5.74, 6) is 0. The number of aliphatic hydroxyl groups is 2. The average molecular weight is 289 g/mol. The predicted molar refractivity (Wildman–Crippen MR) is 80.7 cm³/mol. The van der Waals surface area contributed by atoms with E-state index in [2.05, 4.69) is 10.3 Å². The van der Waals surface area contributed by atoms with Crippen LogP contribution in [0.3, 0.4) is 0 Å². The second kappa shape index (κ2) is 8.54. The van der Waals surface area contributed by atoms with Crippen molar-refractivity contribution in [1.82, 2.24) is 15.0 Å². The first-order valence-electron chi connectivity index (χ1n) is 7.52. The van der Waals surface area contributed by atoms with Crippen molar-refractivity contribution in [1.29, 1.82) is 0 Å². The van der Waals surface area contributed by atoms with E-state index in [0.717, 1.165) is 43.4 Å². The van der Waals surface area contributed by atoms with Crippen LogP contribution in [0.4, 0.5) is 0 Å². The Morgan fingerprint density at radius 2 is 1.81 bits per heavy atom. The third kappa shape index (κ3) is 5.28. The fourth-order valence-corrected chi connectivity index (χ4v) is 2.27. The van der Waals surface area contributed by atoms with Crippen molar-refractivity contribution in [2.24, 2.45) is 0 Å². The molecule has 0 fully saturated rings. The summed E-state index contributed by atoms with van der Waals surface area (Å²) >= 11 is 0. The van der Waals surface area contributed by atoms with Crippen molar-refractivity contribution >= 4 is 0 Å². The highest BCUT2D eigenvalue weighted by Crippen LogP contribution is 2.14. The molecular weight excluding hydrogens is 266 g/mol. The highest BCUT2D eigenvalue weighted by atomic mass is 16.3. The molecular formula is C16H23N3O2. The van der Waals surface area contributed by atoms with E-state index in [1.54, 1.807) is 4.68 Å². The van der Waals surface area contributed by atoms with Gasteiger partial charge in [0.2, 0.25) is 0 Å². The molecule has 2 rings (SSSR count). The minimum Gasteiger partial charge on any atom is -0.396 e. The van der Waals surface area contributed by atoms with Gasteiger partial charge in [-0.1, -0.05) is 48.4 Å². The lowest BCUT2D eigenvalue weighted by Crippen LogP contribution is -2.09. The van der Waals surface area contributed by atoms with E-state index in [1.807, 2.05) is 36.5 Å². The van der Waals surface area contributed by atoms with Crippen LogP contribution in [-0.4, -0.2) is 31.8 Å². The molecule has 0 bridgehead atoms. The molecule has 114 valence electrons. The maximum atomic E-state index is 10.1. The Hall–Kier alpha value is -1.72. The van der Waals surface area contributed by atoms with E-state index in [1.165, 1.54) is 0 Å². The van der Waals surface area contributed by atoms with Gasteiger partial charge in [0, 0.05) is 12.8 Å². The molecule has 21 heavy (non-hydrogen) atoms. The SMILES string of the molecule is OCCCCCCc1cn(CC(O)c2ccccc2)nn1. The Bertz CT molecular complexity index is 513. The average Bonchev–Trinajstić information content (AvgIpc) is 2.95. The first-order valence-corrected chi connectivity index (χ1v) is 7.52. The summed E-state index contributed by atoms with van der Waals surface area (Å²) in [4.78, 5) is 0. The predicted octanol–water partition coefficient (Wildman–Crippen LogP) is 2.11. The lowest BCUT2D eigenvalue weighted by molar-refractivity contribution is 0.150. The van der Waals surface area contributed by atoms with Crippen LogP contribution < -0.4 is 0 Å². The molecule has 1 atom stereocenters. The Morgan fingerprint density at radius 3 is 2.57 bits per heavy atom. The van der Waals surface area contributed by atoms with E-state index < -0.39 is 6.10 Å². The third-order valence-electron chi connectivity index (χ3n) is 3.47. The highest BCUT2D eigenvalue weighted by molar-refractivity contribution is 5.17. The van der Waals surface area contributed by atoms with Gasteiger partial charge in [-0.15, -0.1) is 5.10 Å². The summed E-state index contributed by atoms with van der Waals surface area (Å²) in [5, 5.41) is 27.1. The van der Waals surface area contributed by atoms with Crippen molar-refractivity contribution < 1.29 is 10.2 Å². The van der Waals surface area contributed by atoms with E-state index in [0.29, 0.717) is 6.54 Å². The van der Waals surface area contributed by atoms with Gasteiger partial charge in [-0.25, -0.2) is 4.68 Å². The third-order valence-corrected chi connectivity index (χ3v) is 3.47. The molecule has 0 amide bonds. The molecule has 2 N–H and O–H groups in total. The molecule has 0 radical (unpaired) electrons. The number of nitrogens with zero attached hydrogens (tertiary/aromatic N) is 3. The molecule has 1 unspecified atom stereocenters. The van der Waals surface area contributed by atoms with Gasteiger partial charge in [0.15, 0.2) is 0 Å². The lowest BCUT2D eigenvalue weighted by atomic mass is 10.1. The molecule has 0 saturated carbocycles. The summed E-state index contributed by atoms with van der Waals surface area (Å²) in [6.45, 7) is 0.690. The summed E-state index contributed by atoms with van der Waals surface area (Å²) < 4.78 is 1.70. The molecule has 1 aromatic carbocycles. The summed E-state index contributed by atoms with van der Waals surface area (Å²) in [6.07, 6.45) is 6.31. The van der Waals surface area contributed by atoms with Crippen LogP contribution in [0.25, 0.3) is 0 Å². The van der Waals surface area contributed by atoms with Crippen molar-refractivity contribution in [3.05, 3.63) is 47.8 Å². The molecule has 2 aromatic rings. The van der Waals surface area contributed by atoms with Gasteiger partial charge in [-0.05, 0) is 24.8 Å². The largest absolute Gasteiger partial charge is 0.396 e. The molecule has 0 aliphatic heterocycles. The van der Waals surface area contributed by atoms with Crippen LogP contribution in [0.15, 0.2) is 36.5 Å². The van der Waals surface area contributed by atoms with Gasteiger partial charge >= 0.3 is 0 Å². The Kier molecular flexibility index (Phi) is 6.37.